The predicted molar refractivity (Wildman–Crippen MR) is 158 cm³/mol. The second-order valence-corrected chi connectivity index (χ2v) is 12.7. The number of hydrogen-bond donors (Lipinski definition) is 4. The van der Waals surface area contributed by atoms with Crippen molar-refractivity contribution in [2.45, 2.75) is 43.3 Å². The molecule has 0 bridgehead atoms. The van der Waals surface area contributed by atoms with Gasteiger partial charge in [0.25, 0.3) is 0 Å². The lowest BCUT2D eigenvalue weighted by atomic mass is 10.0. The zero-order valence-corrected chi connectivity index (χ0v) is 24.6. The average Bonchev–Trinajstić information content (AvgIpc) is 3.30. The van der Waals surface area contributed by atoms with E-state index in [2.05, 4.69) is 25.5 Å². The summed E-state index contributed by atoms with van der Waals surface area (Å²) in [5.41, 5.74) is 3.38. The molecule has 3 aromatic rings. The van der Waals surface area contributed by atoms with Crippen molar-refractivity contribution in [3.8, 4) is 5.75 Å². The molecule has 1 aromatic heterocycles. The van der Waals surface area contributed by atoms with Gasteiger partial charge in [0.15, 0.2) is 5.82 Å². The van der Waals surface area contributed by atoms with Gasteiger partial charge >= 0.3 is 0 Å². The molecule has 0 aliphatic carbocycles. The topological polar surface area (TPSA) is 140 Å². The van der Waals surface area contributed by atoms with E-state index in [1.54, 1.807) is 32.2 Å². The molecule has 2 aliphatic rings. The van der Waals surface area contributed by atoms with Crippen molar-refractivity contribution in [3.63, 3.8) is 0 Å². The van der Waals surface area contributed by atoms with E-state index in [9.17, 15) is 18.6 Å². The molecular weight excluding hydrogens is 568 g/mol. The van der Waals surface area contributed by atoms with Gasteiger partial charge < -0.3 is 30.5 Å². The Hall–Kier alpha value is -3.00. The van der Waals surface area contributed by atoms with Crippen molar-refractivity contribution >= 4 is 44.8 Å². The van der Waals surface area contributed by atoms with Crippen molar-refractivity contribution in [2.75, 3.05) is 50.5 Å². The number of benzene rings is 2. The van der Waals surface area contributed by atoms with E-state index in [1.165, 1.54) is 27.7 Å². The summed E-state index contributed by atoms with van der Waals surface area (Å²) in [4.78, 5) is 11.2. The van der Waals surface area contributed by atoms with Gasteiger partial charge in [-0.2, -0.15) is 9.29 Å². The number of anilines is 4. The third-order valence-electron chi connectivity index (χ3n) is 7.31. The van der Waals surface area contributed by atoms with Crippen LogP contribution in [0.2, 0.25) is 5.02 Å². The normalized spacial score (nSPS) is 18.9. The number of nitrogens with zero attached hydrogens (tertiary/aromatic N) is 4. The first-order valence-corrected chi connectivity index (χ1v) is 15.4. The highest BCUT2D eigenvalue weighted by atomic mass is 35.5. The number of nitrogens with one attached hydrogen (secondary N) is 2. The summed E-state index contributed by atoms with van der Waals surface area (Å²) in [5, 5.41) is 26.2. The van der Waals surface area contributed by atoms with Gasteiger partial charge in [-0.15, -0.1) is 0 Å². The minimum Gasteiger partial charge on any atom is -0.495 e. The van der Waals surface area contributed by atoms with E-state index < -0.39 is 16.1 Å². The predicted octanol–water partition coefficient (Wildman–Crippen LogP) is 3.16. The summed E-state index contributed by atoms with van der Waals surface area (Å²) in [6.07, 6.45) is 2.46. The van der Waals surface area contributed by atoms with Crippen molar-refractivity contribution in [3.05, 3.63) is 58.7 Å². The lowest BCUT2D eigenvalue weighted by molar-refractivity contribution is 0.129. The Labute approximate surface area is 245 Å². The zero-order valence-electron chi connectivity index (χ0n) is 23.0. The number of sulfonamides is 1. The maximum absolute atomic E-state index is 13.3. The van der Waals surface area contributed by atoms with Gasteiger partial charge in [-0.3, -0.25) is 0 Å². The standard InChI is InChI=1S/C28H35ClN6O5S/c1-18(36)16-34-10-7-19-13-24(25(40-2)14-20(19)8-11-34)32-28-30-15-22(29)27(33-28)31-23-5-3-4-6-26(23)41(38,39)35-12-9-21(37)17-35/h3-6,13-15,18,21,36-37H,7-12,16-17H2,1-2H3,(H2,30,31,32,33)/t18-,21-/m1/s1. The minimum absolute atomic E-state index is 0.0558. The molecule has 220 valence electrons. The highest BCUT2D eigenvalue weighted by molar-refractivity contribution is 7.89. The number of aliphatic hydroxyl groups is 2. The maximum Gasteiger partial charge on any atom is 0.245 e. The van der Waals surface area contributed by atoms with Gasteiger partial charge in [-0.05, 0) is 61.6 Å². The summed E-state index contributed by atoms with van der Waals surface area (Å²) in [7, 11) is -2.24. The van der Waals surface area contributed by atoms with Gasteiger partial charge in [-0.25, -0.2) is 13.4 Å². The van der Waals surface area contributed by atoms with Crippen LogP contribution in [0.25, 0.3) is 0 Å². The summed E-state index contributed by atoms with van der Waals surface area (Å²) >= 11 is 6.43. The zero-order chi connectivity index (χ0) is 29.1. The van der Waals surface area contributed by atoms with Crippen molar-refractivity contribution in [1.82, 2.24) is 19.2 Å². The molecule has 5 rings (SSSR count). The van der Waals surface area contributed by atoms with E-state index in [0.717, 1.165) is 25.9 Å². The molecule has 2 aliphatic heterocycles. The first-order chi connectivity index (χ1) is 19.6. The summed E-state index contributed by atoms with van der Waals surface area (Å²) in [6.45, 7) is 4.44. The summed E-state index contributed by atoms with van der Waals surface area (Å²) in [6, 6.07) is 10.6. The number of para-hydroxylation sites is 1. The molecule has 0 amide bonds. The highest BCUT2D eigenvalue weighted by Crippen LogP contribution is 2.34. The van der Waals surface area contributed by atoms with E-state index in [-0.39, 0.29) is 40.9 Å². The molecular formula is C28H35ClN6O5S. The van der Waals surface area contributed by atoms with E-state index in [4.69, 9.17) is 16.3 Å². The number of methoxy groups -OCH3 is 1. The molecule has 11 nitrogen and oxygen atoms in total. The summed E-state index contributed by atoms with van der Waals surface area (Å²) in [5.74, 6) is 1.13. The Morgan fingerprint density at radius 2 is 1.85 bits per heavy atom. The van der Waals surface area contributed by atoms with E-state index in [1.807, 2.05) is 12.1 Å². The lowest BCUT2D eigenvalue weighted by Crippen LogP contribution is -2.33. The van der Waals surface area contributed by atoms with Gasteiger partial charge in [0.05, 0.1) is 36.9 Å². The molecule has 0 saturated carbocycles. The quantitative estimate of drug-likeness (QED) is 0.289. The number of aliphatic hydroxyl groups excluding tert-OH is 2. The Balaban J connectivity index is 1.39. The van der Waals surface area contributed by atoms with Crippen molar-refractivity contribution < 1.29 is 23.4 Å². The highest BCUT2D eigenvalue weighted by Gasteiger charge is 2.33. The van der Waals surface area contributed by atoms with Crippen LogP contribution in [0.3, 0.4) is 0 Å². The van der Waals surface area contributed by atoms with Gasteiger partial charge in [-0.1, -0.05) is 23.7 Å². The van der Waals surface area contributed by atoms with Crippen LogP contribution in [-0.2, 0) is 22.9 Å². The number of fused-ring (bicyclic) bond motifs is 1. The van der Waals surface area contributed by atoms with E-state index >= 15 is 0 Å². The molecule has 2 aromatic carbocycles. The average molecular weight is 603 g/mol. The van der Waals surface area contributed by atoms with Gasteiger partial charge in [0, 0.05) is 32.7 Å². The molecule has 4 N–H and O–H groups in total. The third kappa shape index (κ3) is 6.74. The molecule has 13 heteroatoms. The smallest absolute Gasteiger partial charge is 0.245 e. The van der Waals surface area contributed by atoms with Crippen LogP contribution in [0.5, 0.6) is 5.75 Å². The maximum atomic E-state index is 13.3. The molecule has 1 fully saturated rings. The largest absolute Gasteiger partial charge is 0.495 e. The first kappa shape index (κ1) is 29.5. The van der Waals surface area contributed by atoms with Gasteiger partial charge in [0.2, 0.25) is 16.0 Å². The first-order valence-electron chi connectivity index (χ1n) is 13.6. The van der Waals surface area contributed by atoms with E-state index in [0.29, 0.717) is 30.1 Å². The number of aromatic nitrogens is 2. The van der Waals surface area contributed by atoms with Gasteiger partial charge in [0.1, 0.15) is 15.7 Å². The van der Waals surface area contributed by atoms with Crippen LogP contribution in [-0.4, -0.2) is 89.8 Å². The van der Waals surface area contributed by atoms with Crippen molar-refractivity contribution in [1.29, 1.82) is 0 Å². The molecule has 41 heavy (non-hydrogen) atoms. The van der Waals surface area contributed by atoms with Crippen LogP contribution in [0.4, 0.5) is 23.1 Å². The number of rotatable bonds is 9. The molecule has 2 atom stereocenters. The van der Waals surface area contributed by atoms with Crippen molar-refractivity contribution in [2.24, 2.45) is 0 Å². The number of ether oxygens (including phenoxy) is 1. The SMILES string of the molecule is COc1cc2c(cc1Nc1ncc(Cl)c(Nc3ccccc3S(=O)(=O)N3CC[C@@H](O)C3)n1)CCN(C[C@@H](C)O)CC2. The Morgan fingerprint density at radius 1 is 1.12 bits per heavy atom. The third-order valence-corrected chi connectivity index (χ3v) is 9.51. The number of hydrogen-bond acceptors (Lipinski definition) is 10. The molecule has 1 saturated heterocycles. The molecule has 3 heterocycles. The van der Waals surface area contributed by atoms with Crippen LogP contribution in [0, 0.1) is 0 Å². The number of β-amino-alcohol motifs (C(OH)–C–C–N with tert-alkyl or cyclic N) is 2. The van der Waals surface area contributed by atoms with Crippen LogP contribution < -0.4 is 15.4 Å². The minimum atomic E-state index is -3.85. The number of halogens is 1. The Kier molecular flexibility index (Phi) is 8.97. The molecule has 0 radical (unpaired) electrons. The van der Waals surface area contributed by atoms with Crippen LogP contribution >= 0.6 is 11.6 Å². The second kappa shape index (κ2) is 12.5. The molecule has 0 unspecified atom stereocenters. The monoisotopic (exact) mass is 602 g/mol. The van der Waals surface area contributed by atoms with Crippen LogP contribution in [0.1, 0.15) is 24.5 Å². The molecule has 0 spiro atoms. The fraction of sp³-hybridized carbons (Fsp3) is 0.429. The summed E-state index contributed by atoms with van der Waals surface area (Å²) < 4.78 is 33.6. The second-order valence-electron chi connectivity index (χ2n) is 10.4. The Morgan fingerprint density at radius 3 is 2.54 bits per heavy atom. The fourth-order valence-electron chi connectivity index (χ4n) is 5.25. The Bertz CT molecular complexity index is 1510. The fourth-order valence-corrected chi connectivity index (χ4v) is 7.03. The lowest BCUT2D eigenvalue weighted by Gasteiger charge is -2.20. The van der Waals surface area contributed by atoms with Crippen LogP contribution in [0.15, 0.2) is 47.5 Å².